The van der Waals surface area contributed by atoms with Gasteiger partial charge in [0.25, 0.3) is 0 Å². The molecule has 0 aromatic heterocycles. The minimum absolute atomic E-state index is 0.0635. The Morgan fingerprint density at radius 1 is 0.654 bits per heavy atom. The Balaban J connectivity index is 1.38. The topological polar surface area (TPSA) is 92.7 Å². The molecule has 2 heterocycles. The molecule has 3 fully saturated rings. The molecule has 2 amide bonds. The number of amides is 2. The molecule has 6 nitrogen and oxygen atoms in total. The van der Waals surface area contributed by atoms with E-state index in [2.05, 4.69) is 0 Å². The molecular formula is C20H20N4O2. The van der Waals surface area contributed by atoms with Gasteiger partial charge in [0.05, 0.1) is 11.8 Å². The number of rotatable bonds is 2. The van der Waals surface area contributed by atoms with Crippen LogP contribution < -0.4 is 21.3 Å². The Bertz CT molecular complexity index is 818. The third-order valence-corrected chi connectivity index (χ3v) is 6.16. The van der Waals surface area contributed by atoms with Gasteiger partial charge in [-0.2, -0.15) is 0 Å². The molecular weight excluding hydrogens is 328 g/mol. The first-order valence-corrected chi connectivity index (χ1v) is 8.88. The van der Waals surface area contributed by atoms with Gasteiger partial charge >= 0.3 is 0 Å². The van der Waals surface area contributed by atoms with Crippen LogP contribution in [0.4, 0.5) is 22.7 Å². The molecule has 6 heteroatoms. The number of carbonyl (C=O) groups is 2. The highest BCUT2D eigenvalue weighted by atomic mass is 16.2. The number of hydrogen-bond acceptors (Lipinski definition) is 4. The molecule has 0 spiro atoms. The van der Waals surface area contributed by atoms with E-state index in [-0.39, 0.29) is 35.5 Å². The Kier molecular flexibility index (Phi) is 3.07. The summed E-state index contributed by atoms with van der Waals surface area (Å²) in [7, 11) is 0. The van der Waals surface area contributed by atoms with Crippen LogP contribution in [-0.2, 0) is 9.59 Å². The van der Waals surface area contributed by atoms with Crippen molar-refractivity contribution < 1.29 is 9.59 Å². The number of hydrogen-bond donors (Lipinski definition) is 2. The molecule has 1 saturated carbocycles. The number of nitrogen functional groups attached to an aromatic ring is 2. The molecule has 4 unspecified atom stereocenters. The zero-order valence-corrected chi connectivity index (χ0v) is 14.2. The van der Waals surface area contributed by atoms with E-state index in [0.717, 1.165) is 11.4 Å². The van der Waals surface area contributed by atoms with Crippen molar-refractivity contribution in [3.05, 3.63) is 48.5 Å². The van der Waals surface area contributed by atoms with E-state index in [1.165, 1.54) is 0 Å². The molecule has 0 radical (unpaired) electrons. The summed E-state index contributed by atoms with van der Waals surface area (Å²) in [5, 5.41) is 0. The average Bonchev–Trinajstić information content (AvgIpc) is 3.05. The minimum Gasteiger partial charge on any atom is -0.399 e. The van der Waals surface area contributed by atoms with Gasteiger partial charge in [0.1, 0.15) is 0 Å². The van der Waals surface area contributed by atoms with E-state index < -0.39 is 0 Å². The fraction of sp³-hybridized carbons (Fsp3) is 0.300. The highest BCUT2D eigenvalue weighted by Crippen LogP contribution is 2.56. The van der Waals surface area contributed by atoms with E-state index >= 15 is 0 Å². The highest BCUT2D eigenvalue weighted by molar-refractivity contribution is 6.07. The lowest BCUT2D eigenvalue weighted by Gasteiger charge is -2.39. The Morgan fingerprint density at radius 2 is 1.00 bits per heavy atom. The second-order valence-corrected chi connectivity index (χ2v) is 7.46. The third kappa shape index (κ3) is 1.98. The summed E-state index contributed by atoms with van der Waals surface area (Å²) in [4.78, 5) is 29.5. The monoisotopic (exact) mass is 348 g/mol. The van der Waals surface area contributed by atoms with Crippen LogP contribution in [-0.4, -0.2) is 24.9 Å². The van der Waals surface area contributed by atoms with Crippen LogP contribution in [0.25, 0.3) is 0 Å². The van der Waals surface area contributed by atoms with Gasteiger partial charge < -0.3 is 21.3 Å². The smallest absolute Gasteiger partial charge is 0.231 e. The first-order chi connectivity index (χ1) is 12.5. The summed E-state index contributed by atoms with van der Waals surface area (Å²) in [6, 6.07) is 14.7. The van der Waals surface area contributed by atoms with E-state index in [9.17, 15) is 9.59 Å². The van der Waals surface area contributed by atoms with Crippen LogP contribution >= 0.6 is 0 Å². The second-order valence-electron chi connectivity index (χ2n) is 7.46. The zero-order valence-electron chi connectivity index (χ0n) is 14.2. The van der Waals surface area contributed by atoms with Gasteiger partial charge in [0, 0.05) is 35.8 Å². The number of anilines is 4. The van der Waals surface area contributed by atoms with Gasteiger partial charge in [-0.15, -0.1) is 0 Å². The third-order valence-electron chi connectivity index (χ3n) is 6.16. The summed E-state index contributed by atoms with van der Waals surface area (Å²) in [6.07, 6.45) is 0. The first kappa shape index (κ1) is 15.3. The van der Waals surface area contributed by atoms with Gasteiger partial charge in [-0.1, -0.05) is 0 Å². The van der Waals surface area contributed by atoms with E-state index in [1.807, 2.05) is 34.1 Å². The molecule has 0 bridgehead atoms. The van der Waals surface area contributed by atoms with Crippen LogP contribution in [0, 0.1) is 23.7 Å². The predicted molar refractivity (Wildman–Crippen MR) is 100 cm³/mol. The van der Waals surface area contributed by atoms with Crippen LogP contribution in [0.3, 0.4) is 0 Å². The normalized spacial score (nSPS) is 29.5. The van der Waals surface area contributed by atoms with Gasteiger partial charge in [-0.3, -0.25) is 9.59 Å². The Morgan fingerprint density at radius 3 is 1.35 bits per heavy atom. The van der Waals surface area contributed by atoms with E-state index in [0.29, 0.717) is 24.5 Å². The standard InChI is InChI=1S/C20H20N4O2/c21-11-1-5-13(6-2-11)23-9-15-16-10-24(14-7-3-12(22)4-8-14)20(26)18(16)17(15)19(23)25/h1-8,15-18H,9-10,21-22H2. The zero-order chi connectivity index (χ0) is 18.0. The van der Waals surface area contributed by atoms with Crippen molar-refractivity contribution in [3.8, 4) is 0 Å². The summed E-state index contributed by atoms with van der Waals surface area (Å²) in [5.74, 6) is 0.232. The largest absolute Gasteiger partial charge is 0.399 e. The van der Waals surface area contributed by atoms with Gasteiger partial charge in [0.2, 0.25) is 11.8 Å². The lowest BCUT2D eigenvalue weighted by atomic mass is 9.59. The van der Waals surface area contributed by atoms with Crippen LogP contribution in [0.15, 0.2) is 48.5 Å². The highest BCUT2D eigenvalue weighted by Gasteiger charge is 2.66. The summed E-state index contributed by atoms with van der Waals surface area (Å²) in [5.41, 5.74) is 14.5. The number of carbonyl (C=O) groups excluding carboxylic acids is 2. The van der Waals surface area contributed by atoms with Crippen molar-refractivity contribution in [2.45, 2.75) is 0 Å². The Hall–Kier alpha value is -3.02. The van der Waals surface area contributed by atoms with Crippen LogP contribution in [0.2, 0.25) is 0 Å². The van der Waals surface area contributed by atoms with Crippen molar-refractivity contribution in [1.29, 1.82) is 0 Å². The molecule has 2 aromatic rings. The van der Waals surface area contributed by atoms with Crippen LogP contribution in [0.1, 0.15) is 0 Å². The molecule has 2 saturated heterocycles. The fourth-order valence-electron chi connectivity index (χ4n) is 4.83. The van der Waals surface area contributed by atoms with Gasteiger partial charge in [-0.25, -0.2) is 0 Å². The van der Waals surface area contributed by atoms with Crippen LogP contribution in [0.5, 0.6) is 0 Å². The summed E-state index contributed by atoms with van der Waals surface area (Å²) >= 11 is 0. The van der Waals surface area contributed by atoms with Gasteiger partial charge in [-0.05, 0) is 60.4 Å². The molecule has 3 aliphatic rings. The Labute approximate surface area is 151 Å². The fourth-order valence-corrected chi connectivity index (χ4v) is 4.83. The van der Waals surface area contributed by atoms with Crippen molar-refractivity contribution >= 4 is 34.6 Å². The molecule has 26 heavy (non-hydrogen) atoms. The predicted octanol–water partition coefficient (Wildman–Crippen LogP) is 1.72. The van der Waals surface area contributed by atoms with Crippen molar-refractivity contribution in [2.75, 3.05) is 34.4 Å². The maximum Gasteiger partial charge on any atom is 0.231 e. The second kappa shape index (κ2) is 5.24. The molecule has 1 aliphatic carbocycles. The van der Waals surface area contributed by atoms with Gasteiger partial charge in [0.15, 0.2) is 0 Å². The summed E-state index contributed by atoms with van der Waals surface area (Å²) in [6.45, 7) is 1.36. The van der Waals surface area contributed by atoms with Crippen molar-refractivity contribution in [3.63, 3.8) is 0 Å². The SMILES string of the molecule is Nc1ccc(N2CC3C4CN(c5ccc(N)cc5)C(=O)C4C3C2=O)cc1. The molecule has 4 N–H and O–H groups in total. The van der Waals surface area contributed by atoms with Crippen molar-refractivity contribution in [2.24, 2.45) is 23.7 Å². The lowest BCUT2D eigenvalue weighted by Crippen LogP contribution is -2.48. The molecule has 5 rings (SSSR count). The molecule has 2 aromatic carbocycles. The van der Waals surface area contributed by atoms with E-state index in [4.69, 9.17) is 11.5 Å². The number of fused-ring (bicyclic) bond motifs is 4. The molecule has 2 aliphatic heterocycles. The number of nitrogens with two attached hydrogens (primary N) is 2. The molecule has 4 atom stereocenters. The maximum absolute atomic E-state index is 12.9. The quantitative estimate of drug-likeness (QED) is 0.808. The minimum atomic E-state index is -0.191. The molecule has 132 valence electrons. The van der Waals surface area contributed by atoms with E-state index in [1.54, 1.807) is 24.3 Å². The summed E-state index contributed by atoms with van der Waals surface area (Å²) < 4.78 is 0. The first-order valence-electron chi connectivity index (χ1n) is 8.88. The van der Waals surface area contributed by atoms with Crippen molar-refractivity contribution in [1.82, 2.24) is 0 Å². The number of nitrogens with zero attached hydrogens (tertiary/aromatic N) is 2. The maximum atomic E-state index is 12.9. The lowest BCUT2D eigenvalue weighted by molar-refractivity contribution is -0.138. The average molecular weight is 348 g/mol. The number of benzene rings is 2.